The van der Waals surface area contributed by atoms with Crippen molar-refractivity contribution in [1.29, 1.82) is 0 Å². The minimum atomic E-state index is -1.02. The van der Waals surface area contributed by atoms with Crippen molar-refractivity contribution in [2.45, 2.75) is 149 Å². The van der Waals surface area contributed by atoms with Gasteiger partial charge in [0.1, 0.15) is 29.5 Å². The van der Waals surface area contributed by atoms with Gasteiger partial charge in [-0.1, -0.05) is 102 Å². The van der Waals surface area contributed by atoms with Crippen LogP contribution in [0.3, 0.4) is 0 Å². The van der Waals surface area contributed by atoms with Crippen LogP contribution in [0.4, 0.5) is 5.69 Å². The molecule has 3 N–H and O–H groups in total. The van der Waals surface area contributed by atoms with Crippen LogP contribution in [0.5, 0.6) is 5.75 Å². The second-order valence-corrected chi connectivity index (χ2v) is 23.2. The van der Waals surface area contributed by atoms with Gasteiger partial charge in [0.05, 0.1) is 39.8 Å². The number of aromatic nitrogens is 1. The maximum atomic E-state index is 14.3. The van der Waals surface area contributed by atoms with E-state index in [4.69, 9.17) is 27.6 Å². The molecule has 1 saturated heterocycles. The Balaban J connectivity index is 0.804. The first-order valence-electron chi connectivity index (χ1n) is 24.6. The number of nitrogens with one attached hydrogen (secondary N) is 2. The molecule has 13 nitrogen and oxygen atoms in total. The number of aliphatic hydroxyl groups excluding tert-OH is 1. The summed E-state index contributed by atoms with van der Waals surface area (Å²) in [6.07, 6.45) is 2.17. The predicted molar refractivity (Wildman–Crippen MR) is 275 cm³/mol. The summed E-state index contributed by atoms with van der Waals surface area (Å²) in [5, 5.41) is 17.1. The number of benzene rings is 3. The molecule has 4 amide bonds. The lowest BCUT2D eigenvalue weighted by Gasteiger charge is -2.65. The number of thiazole rings is 1. The van der Waals surface area contributed by atoms with Crippen molar-refractivity contribution in [2.24, 2.45) is 16.2 Å². The number of hydrogen-bond acceptors (Lipinski definition) is 9. The lowest BCUT2D eigenvalue weighted by atomic mass is 9.49. The van der Waals surface area contributed by atoms with E-state index in [0.717, 1.165) is 39.2 Å². The molecule has 0 radical (unpaired) electrons. The first-order chi connectivity index (χ1) is 33.5. The number of fused-ring (bicyclic) bond motifs is 1. The minimum Gasteiger partial charge on any atom is -0.489 e. The number of nitrogens with zero attached hydrogens (tertiary/aromatic N) is 4. The summed E-state index contributed by atoms with van der Waals surface area (Å²) in [5.41, 5.74) is 5.14. The van der Waals surface area contributed by atoms with E-state index in [1.807, 2.05) is 87.5 Å². The number of ether oxygens (including phenoxy) is 2. The van der Waals surface area contributed by atoms with Crippen molar-refractivity contribution in [2.75, 3.05) is 13.2 Å². The van der Waals surface area contributed by atoms with E-state index in [0.29, 0.717) is 60.9 Å². The van der Waals surface area contributed by atoms with Crippen LogP contribution in [0.1, 0.15) is 133 Å². The van der Waals surface area contributed by atoms with Gasteiger partial charge >= 0.3 is 0 Å². The Hall–Kier alpha value is -5.77. The summed E-state index contributed by atoms with van der Waals surface area (Å²) in [6, 6.07) is 16.6. The van der Waals surface area contributed by atoms with E-state index in [1.54, 1.807) is 29.5 Å². The largest absolute Gasteiger partial charge is 0.489 e. The SMILES string of the molecule is [C-]#[N+]c1ccc(OC2C(C)(C)C(N3Cc4cc(C#CCCCCOC5(C(=O)N[C@H](C(=O)N6C[C@H](O)C[C@@H]6C(=O)N[C@@H](C)c6ccc(-c7scnc7C)cc6)C(C)(C)C)CC5)ccc4C3=O)C2(C)C)cc1Cl. The Kier molecular flexibility index (Phi) is 14.6. The van der Waals surface area contributed by atoms with Crippen LogP contribution in [0.25, 0.3) is 15.3 Å². The number of carbonyl (C=O) groups excluding carboxylic acids is 4. The molecular formula is C56H65ClN6O7S. The van der Waals surface area contributed by atoms with E-state index in [9.17, 15) is 24.3 Å². The highest BCUT2D eigenvalue weighted by molar-refractivity contribution is 7.13. The Bertz CT molecular complexity index is 2800. The van der Waals surface area contributed by atoms with Gasteiger partial charge in [0, 0.05) is 60.5 Å². The number of carbonyl (C=O) groups is 4. The molecule has 8 rings (SSSR count). The van der Waals surface area contributed by atoms with Gasteiger partial charge in [-0.05, 0) is 92.0 Å². The molecule has 3 aromatic carbocycles. The Labute approximate surface area is 426 Å². The van der Waals surface area contributed by atoms with Gasteiger partial charge in [0.15, 0.2) is 0 Å². The van der Waals surface area contributed by atoms with Gasteiger partial charge in [-0.15, -0.1) is 11.3 Å². The summed E-state index contributed by atoms with van der Waals surface area (Å²) in [5.74, 6) is 6.02. The lowest BCUT2D eigenvalue weighted by molar-refractivity contribution is -0.199. The number of aliphatic hydroxyl groups is 1. The lowest BCUT2D eigenvalue weighted by Crippen LogP contribution is -2.74. The number of halogens is 1. The number of aryl methyl sites for hydroxylation is 1. The van der Waals surface area contributed by atoms with Crippen molar-refractivity contribution in [1.82, 2.24) is 25.4 Å². The number of rotatable bonds is 15. The van der Waals surface area contributed by atoms with Crippen molar-refractivity contribution in [3.8, 4) is 28.0 Å². The molecule has 4 aliphatic rings. The Morgan fingerprint density at radius 3 is 2.38 bits per heavy atom. The predicted octanol–water partition coefficient (Wildman–Crippen LogP) is 9.60. The van der Waals surface area contributed by atoms with Crippen LogP contribution in [0, 0.1) is 41.6 Å². The fourth-order valence-electron chi connectivity index (χ4n) is 11.2. The number of likely N-dealkylation sites (tertiary alicyclic amines) is 1. The molecule has 374 valence electrons. The van der Waals surface area contributed by atoms with Crippen molar-refractivity contribution in [3.63, 3.8) is 0 Å². The number of amides is 4. The first-order valence-corrected chi connectivity index (χ1v) is 25.8. The molecule has 3 fully saturated rings. The zero-order chi connectivity index (χ0) is 51.2. The average molecular weight is 1000 g/mol. The molecule has 2 aliphatic heterocycles. The highest BCUT2D eigenvalue weighted by Gasteiger charge is 2.67. The van der Waals surface area contributed by atoms with Gasteiger partial charge in [-0.3, -0.25) is 19.2 Å². The standard InChI is InChI=1S/C56H65ClN6O7S/c1-33(36-17-19-37(20-18-36)45-34(2)59-32-71-45)60-47(65)44-28-39(64)31-62(44)49(67)46(53(3,4)5)61-52(68)56(24-25-56)69-26-14-12-11-13-15-35-16-22-41-38(27-35)30-63(48(41)66)50-54(6,7)51(55(50,8)9)70-40-21-23-43(58-10)42(57)29-40/h16-23,27,29,32-33,39,44,46,50-51,64H,11-12,14,24-26,28,30-31H2,1-9H3,(H,60,65)(H,61,68)/t33-,39+,44+,46+,50?,51?/m0/s1. The molecule has 0 unspecified atom stereocenters. The Morgan fingerprint density at radius 2 is 1.75 bits per heavy atom. The molecule has 71 heavy (non-hydrogen) atoms. The molecule has 4 atom stereocenters. The van der Waals surface area contributed by atoms with Crippen molar-refractivity contribution in [3.05, 3.63) is 111 Å². The summed E-state index contributed by atoms with van der Waals surface area (Å²) in [6.45, 7) is 26.1. The van der Waals surface area contributed by atoms with Gasteiger partial charge in [0.25, 0.3) is 11.8 Å². The van der Waals surface area contributed by atoms with E-state index in [1.165, 1.54) is 4.90 Å². The van der Waals surface area contributed by atoms with E-state index < -0.39 is 35.1 Å². The fourth-order valence-corrected chi connectivity index (χ4v) is 12.2. The highest BCUT2D eigenvalue weighted by Crippen LogP contribution is 2.59. The molecule has 1 aromatic heterocycles. The van der Waals surface area contributed by atoms with E-state index >= 15 is 0 Å². The second kappa shape index (κ2) is 20.0. The van der Waals surface area contributed by atoms with Crippen LogP contribution in [0.15, 0.2) is 66.2 Å². The monoisotopic (exact) mass is 1000 g/mol. The molecule has 2 saturated carbocycles. The van der Waals surface area contributed by atoms with E-state index in [-0.39, 0.29) is 59.7 Å². The molecule has 0 bridgehead atoms. The number of unbranched alkanes of at least 4 members (excludes halogenated alkanes) is 2. The van der Waals surface area contributed by atoms with Crippen molar-refractivity contribution >= 4 is 52.3 Å². The molecule has 3 heterocycles. The third kappa shape index (κ3) is 10.5. The smallest absolute Gasteiger partial charge is 0.254 e. The van der Waals surface area contributed by atoms with Crippen LogP contribution >= 0.6 is 22.9 Å². The zero-order valence-corrected chi connectivity index (χ0v) is 43.7. The first kappa shape index (κ1) is 51.6. The summed E-state index contributed by atoms with van der Waals surface area (Å²) in [7, 11) is 0. The fraction of sp³-hybridized carbons (Fsp3) is 0.500. The average Bonchev–Trinajstić information content (AvgIpc) is 3.65. The van der Waals surface area contributed by atoms with Crippen LogP contribution < -0.4 is 15.4 Å². The quantitative estimate of drug-likeness (QED) is 0.0605. The van der Waals surface area contributed by atoms with E-state index in [2.05, 4.69) is 60.0 Å². The van der Waals surface area contributed by atoms with Gasteiger partial charge in [-0.25, -0.2) is 9.83 Å². The third-order valence-electron chi connectivity index (χ3n) is 14.8. The summed E-state index contributed by atoms with van der Waals surface area (Å²) < 4.78 is 12.7. The maximum Gasteiger partial charge on any atom is 0.254 e. The highest BCUT2D eigenvalue weighted by atomic mass is 35.5. The second-order valence-electron chi connectivity index (χ2n) is 22.0. The minimum absolute atomic E-state index is 0.00268. The van der Waals surface area contributed by atoms with Gasteiger partial charge in [-0.2, -0.15) is 0 Å². The molecular weight excluding hydrogens is 936 g/mol. The van der Waals surface area contributed by atoms with Crippen LogP contribution in [0.2, 0.25) is 5.02 Å². The molecule has 0 spiro atoms. The number of hydrogen-bond donors (Lipinski definition) is 3. The van der Waals surface area contributed by atoms with Crippen LogP contribution in [-0.2, 0) is 25.7 Å². The van der Waals surface area contributed by atoms with Gasteiger partial charge < -0.3 is 35.0 Å². The van der Waals surface area contributed by atoms with Crippen LogP contribution in [-0.4, -0.2) is 92.6 Å². The normalized spacial score (nSPS) is 22.3. The topological polar surface area (TPSA) is 155 Å². The molecule has 2 aliphatic carbocycles. The summed E-state index contributed by atoms with van der Waals surface area (Å²) in [4.78, 5) is 68.1. The third-order valence-corrected chi connectivity index (χ3v) is 16.0. The van der Waals surface area contributed by atoms with Crippen molar-refractivity contribution < 1.29 is 33.8 Å². The number of β-amino-alcohol motifs (C(OH)–C–C–N with tert-alkyl or cyclic N) is 1. The summed E-state index contributed by atoms with van der Waals surface area (Å²) >= 11 is 7.89. The maximum absolute atomic E-state index is 14.3. The molecule has 15 heteroatoms. The Morgan fingerprint density at radius 1 is 1.03 bits per heavy atom. The van der Waals surface area contributed by atoms with Gasteiger partial charge in [0.2, 0.25) is 17.5 Å². The zero-order valence-electron chi connectivity index (χ0n) is 42.2. The molecule has 4 aromatic rings.